The van der Waals surface area contributed by atoms with Gasteiger partial charge >= 0.3 is 5.97 Å². The first-order chi connectivity index (χ1) is 3.48. The van der Waals surface area contributed by atoms with Crippen LogP contribution in [0.15, 0.2) is 0 Å². The molecule has 0 saturated carbocycles. The molecule has 48 valence electrons. The number of halogens is 1. The van der Waals surface area contributed by atoms with Crippen LogP contribution < -0.4 is 5.73 Å². The molecule has 8 heavy (non-hydrogen) atoms. The van der Waals surface area contributed by atoms with Gasteiger partial charge in [-0.05, 0) is 6.92 Å². The second-order valence-corrected chi connectivity index (χ2v) is 3.21. The first-order valence-corrected chi connectivity index (χ1v) is 2.84. The van der Waals surface area contributed by atoms with Crippen molar-refractivity contribution in [1.82, 2.24) is 0 Å². The molecule has 1 unspecified atom stereocenters. The van der Waals surface area contributed by atoms with E-state index in [2.05, 4.69) is 20.7 Å². The molecule has 2 N–H and O–H groups in total. The number of esters is 1. The standard InChI is InChI=1S/C4H8BrNO2/c1-4(5,6)3(7)8-2/h6H2,1-2H3. The number of alkyl halides is 1. The van der Waals surface area contributed by atoms with E-state index in [4.69, 9.17) is 5.73 Å². The maximum absolute atomic E-state index is 10.4. The summed E-state index contributed by atoms with van der Waals surface area (Å²) in [6.45, 7) is 1.51. The number of hydrogen-bond acceptors (Lipinski definition) is 3. The van der Waals surface area contributed by atoms with E-state index < -0.39 is 10.4 Å². The van der Waals surface area contributed by atoms with Gasteiger partial charge in [0.05, 0.1) is 7.11 Å². The molecule has 0 bridgehead atoms. The maximum Gasteiger partial charge on any atom is 0.336 e. The largest absolute Gasteiger partial charge is 0.467 e. The molecule has 0 aromatic rings. The third-order valence-electron chi connectivity index (χ3n) is 0.585. The molecule has 3 nitrogen and oxygen atoms in total. The zero-order chi connectivity index (χ0) is 6.78. The maximum atomic E-state index is 10.4. The van der Waals surface area contributed by atoms with Crippen molar-refractivity contribution in [3.63, 3.8) is 0 Å². The van der Waals surface area contributed by atoms with Crippen molar-refractivity contribution in [3.05, 3.63) is 0 Å². The molecule has 0 heterocycles. The smallest absolute Gasteiger partial charge is 0.336 e. The van der Waals surface area contributed by atoms with Gasteiger partial charge in [0.2, 0.25) is 0 Å². The summed E-state index contributed by atoms with van der Waals surface area (Å²) in [6, 6.07) is 0. The Bertz CT molecular complexity index is 96.7. The van der Waals surface area contributed by atoms with Gasteiger partial charge in [0, 0.05) is 0 Å². The number of rotatable bonds is 1. The highest BCUT2D eigenvalue weighted by atomic mass is 79.9. The highest BCUT2D eigenvalue weighted by Crippen LogP contribution is 2.09. The van der Waals surface area contributed by atoms with Crippen LogP contribution in [0.5, 0.6) is 0 Å². The summed E-state index contributed by atoms with van der Waals surface area (Å²) in [7, 11) is 1.29. The first kappa shape index (κ1) is 7.91. The monoisotopic (exact) mass is 181 g/mol. The van der Waals surface area contributed by atoms with Gasteiger partial charge in [-0.25, -0.2) is 4.79 Å². The number of carbonyl (C=O) groups is 1. The molecular formula is C4H8BrNO2. The summed E-state index contributed by atoms with van der Waals surface area (Å²) in [5.41, 5.74) is 5.23. The molecule has 1 atom stereocenters. The molecule has 4 heteroatoms. The first-order valence-electron chi connectivity index (χ1n) is 2.04. The van der Waals surface area contributed by atoms with Crippen molar-refractivity contribution in [2.24, 2.45) is 5.73 Å². The predicted molar refractivity (Wildman–Crippen MR) is 33.5 cm³/mol. The third-order valence-corrected chi connectivity index (χ3v) is 0.908. The molecule has 0 saturated heterocycles. The minimum absolute atomic E-state index is 0.475. The fourth-order valence-electron chi connectivity index (χ4n) is 0.200. The normalized spacial score (nSPS) is 17.0. The molecule has 0 fully saturated rings. The van der Waals surface area contributed by atoms with E-state index in [1.165, 1.54) is 14.0 Å². The minimum atomic E-state index is -1.04. The number of methoxy groups -OCH3 is 1. The highest BCUT2D eigenvalue weighted by molar-refractivity contribution is 9.10. The zero-order valence-corrected chi connectivity index (χ0v) is 6.36. The molecule has 0 spiro atoms. The third kappa shape index (κ3) is 2.28. The Balaban J connectivity index is 3.82. The molecule has 0 aliphatic heterocycles. The fraction of sp³-hybridized carbons (Fsp3) is 0.750. The van der Waals surface area contributed by atoms with E-state index in [9.17, 15) is 4.79 Å². The van der Waals surface area contributed by atoms with Crippen LogP contribution in [-0.4, -0.2) is 17.5 Å². The molecule has 0 radical (unpaired) electrons. The number of carbonyl (C=O) groups excluding carboxylic acids is 1. The topological polar surface area (TPSA) is 52.3 Å². The molecule has 0 amide bonds. The zero-order valence-electron chi connectivity index (χ0n) is 4.77. The highest BCUT2D eigenvalue weighted by Gasteiger charge is 2.24. The second-order valence-electron chi connectivity index (χ2n) is 1.57. The SMILES string of the molecule is COC(=O)C(C)(N)Br. The lowest BCUT2D eigenvalue weighted by molar-refractivity contribution is -0.142. The summed E-state index contributed by atoms with van der Waals surface area (Å²) in [4.78, 5) is 10.4. The van der Waals surface area contributed by atoms with Crippen molar-refractivity contribution < 1.29 is 9.53 Å². The van der Waals surface area contributed by atoms with E-state index in [-0.39, 0.29) is 0 Å². The van der Waals surface area contributed by atoms with Gasteiger partial charge in [0.1, 0.15) is 0 Å². The molecular weight excluding hydrogens is 174 g/mol. The molecule has 0 aliphatic rings. The molecule has 0 aliphatic carbocycles. The van der Waals surface area contributed by atoms with Crippen LogP contribution in [0.25, 0.3) is 0 Å². The Morgan fingerprint density at radius 2 is 2.25 bits per heavy atom. The van der Waals surface area contributed by atoms with E-state index in [0.717, 1.165) is 0 Å². The van der Waals surface area contributed by atoms with Gasteiger partial charge in [-0.3, -0.25) is 0 Å². The van der Waals surface area contributed by atoms with Crippen LogP contribution in [-0.2, 0) is 9.53 Å². The van der Waals surface area contributed by atoms with Gasteiger partial charge in [0.15, 0.2) is 4.45 Å². The second kappa shape index (κ2) is 2.46. The lowest BCUT2D eigenvalue weighted by atomic mass is 10.4. The Morgan fingerprint density at radius 3 is 2.25 bits per heavy atom. The Hall–Kier alpha value is -0.0900. The summed E-state index contributed by atoms with van der Waals surface area (Å²) < 4.78 is 3.26. The van der Waals surface area contributed by atoms with Crippen molar-refractivity contribution in [2.45, 2.75) is 11.4 Å². The van der Waals surface area contributed by atoms with Crippen molar-refractivity contribution in [1.29, 1.82) is 0 Å². The minimum Gasteiger partial charge on any atom is -0.467 e. The summed E-state index contributed by atoms with van der Waals surface area (Å²) in [5, 5.41) is 0. The van der Waals surface area contributed by atoms with Gasteiger partial charge in [-0.15, -0.1) is 0 Å². The van der Waals surface area contributed by atoms with Gasteiger partial charge in [-0.1, -0.05) is 15.9 Å². The van der Waals surface area contributed by atoms with Crippen LogP contribution in [0.1, 0.15) is 6.92 Å². The summed E-state index contributed by atoms with van der Waals surface area (Å²) in [5.74, 6) is -0.475. The number of hydrogen-bond donors (Lipinski definition) is 1. The number of nitrogens with two attached hydrogens (primary N) is 1. The molecule has 0 aromatic heterocycles. The summed E-state index contributed by atoms with van der Waals surface area (Å²) >= 11 is 2.91. The van der Waals surface area contributed by atoms with Crippen LogP contribution in [0.4, 0.5) is 0 Å². The summed E-state index contributed by atoms with van der Waals surface area (Å²) in [6.07, 6.45) is 0. The molecule has 0 aromatic carbocycles. The van der Waals surface area contributed by atoms with E-state index in [0.29, 0.717) is 0 Å². The lowest BCUT2D eigenvalue weighted by Crippen LogP contribution is -2.38. The molecule has 0 rings (SSSR count). The fourth-order valence-corrected chi connectivity index (χ4v) is 0.361. The van der Waals surface area contributed by atoms with Crippen LogP contribution in [0.2, 0.25) is 0 Å². The lowest BCUT2D eigenvalue weighted by Gasteiger charge is -2.11. The van der Waals surface area contributed by atoms with Crippen LogP contribution in [0.3, 0.4) is 0 Å². The van der Waals surface area contributed by atoms with E-state index in [1.54, 1.807) is 0 Å². The Labute approximate surface area is 56.3 Å². The predicted octanol–water partition coefficient (Wildman–Crippen LogP) is 0.229. The Kier molecular flexibility index (Phi) is 2.43. The Morgan fingerprint density at radius 1 is 1.88 bits per heavy atom. The van der Waals surface area contributed by atoms with Crippen LogP contribution in [0, 0.1) is 0 Å². The van der Waals surface area contributed by atoms with E-state index >= 15 is 0 Å². The average molecular weight is 182 g/mol. The van der Waals surface area contributed by atoms with Gasteiger partial charge in [-0.2, -0.15) is 0 Å². The van der Waals surface area contributed by atoms with Gasteiger partial charge in [0.25, 0.3) is 0 Å². The van der Waals surface area contributed by atoms with Crippen molar-refractivity contribution >= 4 is 21.9 Å². The van der Waals surface area contributed by atoms with Crippen LogP contribution >= 0.6 is 15.9 Å². The van der Waals surface area contributed by atoms with Gasteiger partial charge < -0.3 is 10.5 Å². The number of ether oxygens (including phenoxy) is 1. The van der Waals surface area contributed by atoms with E-state index in [1.807, 2.05) is 0 Å². The van der Waals surface area contributed by atoms with Crippen molar-refractivity contribution in [3.8, 4) is 0 Å². The quantitative estimate of drug-likeness (QED) is 0.358. The van der Waals surface area contributed by atoms with Crippen molar-refractivity contribution in [2.75, 3.05) is 7.11 Å². The average Bonchev–Trinajstić information content (AvgIpc) is 1.62.